The molecular formula is C13H13BrO2. The number of rotatable bonds is 2. The van der Waals surface area contributed by atoms with Gasteiger partial charge in [0.1, 0.15) is 17.6 Å². The molecule has 0 aliphatic rings. The van der Waals surface area contributed by atoms with Crippen molar-refractivity contribution in [1.29, 1.82) is 0 Å². The molecule has 1 atom stereocenters. The van der Waals surface area contributed by atoms with Gasteiger partial charge in [0, 0.05) is 10.0 Å². The second-order valence-corrected chi connectivity index (χ2v) is 4.64. The standard InChI is InChI=1S/C13H13BrO2/c1-8-10(4-3-5-11(8)14)13-7-6-12(16-13)9(2)15/h3-7,9,15H,1-2H3. The zero-order chi connectivity index (χ0) is 11.7. The van der Waals surface area contributed by atoms with E-state index in [1.165, 1.54) is 0 Å². The molecule has 1 N–H and O–H groups in total. The molecule has 0 fully saturated rings. The third kappa shape index (κ3) is 2.06. The van der Waals surface area contributed by atoms with E-state index in [9.17, 15) is 5.11 Å². The average molecular weight is 281 g/mol. The minimum Gasteiger partial charge on any atom is -0.458 e. The summed E-state index contributed by atoms with van der Waals surface area (Å²) in [6.45, 7) is 3.72. The van der Waals surface area contributed by atoms with Gasteiger partial charge in [-0.15, -0.1) is 0 Å². The van der Waals surface area contributed by atoms with E-state index in [4.69, 9.17) is 4.42 Å². The Hall–Kier alpha value is -1.06. The van der Waals surface area contributed by atoms with Crippen LogP contribution in [0.3, 0.4) is 0 Å². The highest BCUT2D eigenvalue weighted by molar-refractivity contribution is 9.10. The third-order valence-electron chi connectivity index (χ3n) is 2.57. The minimum atomic E-state index is -0.568. The van der Waals surface area contributed by atoms with Gasteiger partial charge in [-0.25, -0.2) is 0 Å². The van der Waals surface area contributed by atoms with Gasteiger partial charge in [-0.2, -0.15) is 0 Å². The topological polar surface area (TPSA) is 33.4 Å². The SMILES string of the molecule is Cc1c(Br)cccc1-c1ccc(C(C)O)o1. The van der Waals surface area contributed by atoms with Gasteiger partial charge in [-0.1, -0.05) is 28.1 Å². The molecule has 0 saturated carbocycles. The fourth-order valence-electron chi connectivity index (χ4n) is 1.60. The predicted molar refractivity (Wildman–Crippen MR) is 67.2 cm³/mol. The van der Waals surface area contributed by atoms with Crippen LogP contribution in [0.25, 0.3) is 11.3 Å². The first-order valence-electron chi connectivity index (χ1n) is 5.13. The van der Waals surface area contributed by atoms with E-state index in [1.807, 2.05) is 31.2 Å². The number of aliphatic hydroxyl groups excluding tert-OH is 1. The Morgan fingerprint density at radius 1 is 1.25 bits per heavy atom. The summed E-state index contributed by atoms with van der Waals surface area (Å²) in [6, 6.07) is 9.66. The van der Waals surface area contributed by atoms with Crippen molar-refractivity contribution in [2.45, 2.75) is 20.0 Å². The van der Waals surface area contributed by atoms with Gasteiger partial charge in [0.25, 0.3) is 0 Å². The molecular weight excluding hydrogens is 268 g/mol. The number of hydrogen-bond acceptors (Lipinski definition) is 2. The highest BCUT2D eigenvalue weighted by atomic mass is 79.9. The molecule has 0 aliphatic carbocycles. The molecule has 1 unspecified atom stereocenters. The van der Waals surface area contributed by atoms with E-state index in [1.54, 1.807) is 13.0 Å². The van der Waals surface area contributed by atoms with E-state index >= 15 is 0 Å². The first-order valence-corrected chi connectivity index (χ1v) is 5.92. The molecule has 1 aromatic heterocycles. The van der Waals surface area contributed by atoms with Crippen LogP contribution in [0.4, 0.5) is 0 Å². The smallest absolute Gasteiger partial charge is 0.134 e. The largest absolute Gasteiger partial charge is 0.458 e. The molecule has 1 aromatic carbocycles. The summed E-state index contributed by atoms with van der Waals surface area (Å²) in [4.78, 5) is 0. The summed E-state index contributed by atoms with van der Waals surface area (Å²) in [6.07, 6.45) is -0.568. The van der Waals surface area contributed by atoms with E-state index in [-0.39, 0.29) is 0 Å². The molecule has 84 valence electrons. The van der Waals surface area contributed by atoms with Gasteiger partial charge in [-0.3, -0.25) is 0 Å². The Kier molecular flexibility index (Phi) is 3.17. The molecule has 3 heteroatoms. The molecule has 2 rings (SSSR count). The fourth-order valence-corrected chi connectivity index (χ4v) is 1.96. The molecule has 16 heavy (non-hydrogen) atoms. The van der Waals surface area contributed by atoms with Crippen LogP contribution in [0, 0.1) is 6.92 Å². The van der Waals surface area contributed by atoms with Crippen molar-refractivity contribution >= 4 is 15.9 Å². The zero-order valence-corrected chi connectivity index (χ0v) is 10.8. The molecule has 0 spiro atoms. The summed E-state index contributed by atoms with van der Waals surface area (Å²) in [5.74, 6) is 1.38. The van der Waals surface area contributed by atoms with E-state index in [0.29, 0.717) is 5.76 Å². The molecule has 0 aliphatic heterocycles. The number of benzene rings is 1. The Labute approximate surface area is 103 Å². The zero-order valence-electron chi connectivity index (χ0n) is 9.20. The lowest BCUT2D eigenvalue weighted by Gasteiger charge is -2.05. The molecule has 2 aromatic rings. The summed E-state index contributed by atoms with van der Waals surface area (Å²) in [5, 5.41) is 9.40. The summed E-state index contributed by atoms with van der Waals surface area (Å²) in [5.41, 5.74) is 2.18. The van der Waals surface area contributed by atoms with Gasteiger partial charge in [0.15, 0.2) is 0 Å². The number of hydrogen-bond donors (Lipinski definition) is 1. The fraction of sp³-hybridized carbons (Fsp3) is 0.231. The first-order chi connectivity index (χ1) is 7.59. The lowest BCUT2D eigenvalue weighted by molar-refractivity contribution is 0.170. The second kappa shape index (κ2) is 4.44. The number of furan rings is 1. The van der Waals surface area contributed by atoms with Gasteiger partial charge in [-0.05, 0) is 37.6 Å². The van der Waals surface area contributed by atoms with E-state index in [0.717, 1.165) is 21.4 Å². The summed E-state index contributed by atoms with van der Waals surface area (Å²) >= 11 is 3.49. The molecule has 1 heterocycles. The average Bonchev–Trinajstić information content (AvgIpc) is 2.71. The highest BCUT2D eigenvalue weighted by Gasteiger charge is 2.11. The molecule has 0 radical (unpaired) electrons. The Morgan fingerprint density at radius 2 is 2.00 bits per heavy atom. The van der Waals surface area contributed by atoms with Crippen LogP contribution in [0.2, 0.25) is 0 Å². The first kappa shape index (κ1) is 11.4. The van der Waals surface area contributed by atoms with Crippen molar-refractivity contribution in [3.63, 3.8) is 0 Å². The molecule has 0 bridgehead atoms. The Balaban J connectivity index is 2.47. The van der Waals surface area contributed by atoms with Crippen LogP contribution in [-0.2, 0) is 0 Å². The maximum atomic E-state index is 9.40. The highest BCUT2D eigenvalue weighted by Crippen LogP contribution is 2.31. The van der Waals surface area contributed by atoms with Crippen molar-refractivity contribution in [2.24, 2.45) is 0 Å². The van der Waals surface area contributed by atoms with Crippen LogP contribution >= 0.6 is 15.9 Å². The van der Waals surface area contributed by atoms with Crippen LogP contribution in [-0.4, -0.2) is 5.11 Å². The van der Waals surface area contributed by atoms with Crippen molar-refractivity contribution in [3.05, 3.63) is 46.1 Å². The maximum Gasteiger partial charge on any atom is 0.134 e. The summed E-state index contributed by atoms with van der Waals surface area (Å²) in [7, 11) is 0. The third-order valence-corrected chi connectivity index (χ3v) is 3.43. The maximum absolute atomic E-state index is 9.40. The molecule has 2 nitrogen and oxygen atoms in total. The Morgan fingerprint density at radius 3 is 2.62 bits per heavy atom. The van der Waals surface area contributed by atoms with Crippen molar-refractivity contribution in [3.8, 4) is 11.3 Å². The normalized spacial score (nSPS) is 12.8. The van der Waals surface area contributed by atoms with Gasteiger partial charge in [0.05, 0.1) is 0 Å². The quantitative estimate of drug-likeness (QED) is 0.900. The van der Waals surface area contributed by atoms with Gasteiger partial charge in [0.2, 0.25) is 0 Å². The lowest BCUT2D eigenvalue weighted by Crippen LogP contribution is -1.86. The molecule has 0 amide bonds. The van der Waals surface area contributed by atoms with Crippen molar-refractivity contribution < 1.29 is 9.52 Å². The van der Waals surface area contributed by atoms with Gasteiger partial charge < -0.3 is 9.52 Å². The van der Waals surface area contributed by atoms with Gasteiger partial charge >= 0.3 is 0 Å². The van der Waals surface area contributed by atoms with Crippen LogP contribution in [0.15, 0.2) is 39.2 Å². The minimum absolute atomic E-state index is 0.568. The Bertz CT molecular complexity index is 500. The van der Waals surface area contributed by atoms with Crippen molar-refractivity contribution in [2.75, 3.05) is 0 Å². The van der Waals surface area contributed by atoms with Crippen LogP contribution in [0.1, 0.15) is 24.4 Å². The van der Waals surface area contributed by atoms with Crippen LogP contribution < -0.4 is 0 Å². The van der Waals surface area contributed by atoms with Crippen LogP contribution in [0.5, 0.6) is 0 Å². The van der Waals surface area contributed by atoms with E-state index < -0.39 is 6.10 Å². The number of aliphatic hydroxyl groups is 1. The molecule has 0 saturated heterocycles. The predicted octanol–water partition coefficient (Wildman–Crippen LogP) is 4.07. The second-order valence-electron chi connectivity index (χ2n) is 3.79. The monoisotopic (exact) mass is 280 g/mol. The van der Waals surface area contributed by atoms with E-state index in [2.05, 4.69) is 15.9 Å². The summed E-state index contributed by atoms with van der Waals surface area (Å²) < 4.78 is 6.65. The number of halogens is 1. The lowest BCUT2D eigenvalue weighted by atomic mass is 10.1. The van der Waals surface area contributed by atoms with Crippen molar-refractivity contribution in [1.82, 2.24) is 0 Å².